The van der Waals surface area contributed by atoms with Gasteiger partial charge in [0.15, 0.2) is 6.10 Å². The summed E-state index contributed by atoms with van der Waals surface area (Å²) in [7, 11) is 0. The number of unbranched alkanes of at least 4 members (excludes halogenated alkanes) is 1. The standard InChI is InChI=1S/C22H22BrN3O4/c1-3-4-5-20-25-19-11-8-16(23)12-18(19)21(27)26(20)24-13-15-6-9-17(10-7-15)30-14(2)22(28)29/h6-14H,3-5H2,1-2H3,(H,28,29)/t14-/m1/s1. The molecule has 0 saturated carbocycles. The number of rotatable bonds is 8. The maximum Gasteiger partial charge on any atom is 0.344 e. The summed E-state index contributed by atoms with van der Waals surface area (Å²) in [5.74, 6) is 0.0262. The maximum absolute atomic E-state index is 13.0. The van der Waals surface area contributed by atoms with E-state index < -0.39 is 12.1 Å². The molecule has 0 spiro atoms. The Bertz CT molecular complexity index is 1140. The summed E-state index contributed by atoms with van der Waals surface area (Å²) >= 11 is 3.40. The van der Waals surface area contributed by atoms with Crippen molar-refractivity contribution in [3.05, 3.63) is 68.7 Å². The van der Waals surface area contributed by atoms with Crippen molar-refractivity contribution in [2.24, 2.45) is 5.10 Å². The molecule has 156 valence electrons. The van der Waals surface area contributed by atoms with Crippen molar-refractivity contribution in [2.45, 2.75) is 39.2 Å². The van der Waals surface area contributed by atoms with Crippen LogP contribution in [-0.4, -0.2) is 33.1 Å². The normalized spacial score (nSPS) is 12.4. The molecular formula is C22H22BrN3O4. The Morgan fingerprint density at radius 3 is 2.70 bits per heavy atom. The number of aliphatic carboxylic acids is 1. The number of halogens is 1. The number of ether oxygens (including phenoxy) is 1. The van der Waals surface area contributed by atoms with E-state index in [1.807, 2.05) is 12.1 Å². The van der Waals surface area contributed by atoms with E-state index in [1.165, 1.54) is 11.6 Å². The zero-order chi connectivity index (χ0) is 21.7. The van der Waals surface area contributed by atoms with Gasteiger partial charge < -0.3 is 9.84 Å². The van der Waals surface area contributed by atoms with Crippen molar-refractivity contribution in [1.29, 1.82) is 0 Å². The molecule has 0 aliphatic heterocycles. The van der Waals surface area contributed by atoms with Gasteiger partial charge in [-0.3, -0.25) is 4.79 Å². The van der Waals surface area contributed by atoms with E-state index in [0.717, 1.165) is 22.9 Å². The number of aromatic nitrogens is 2. The Labute approximate surface area is 182 Å². The van der Waals surface area contributed by atoms with Gasteiger partial charge >= 0.3 is 5.97 Å². The third-order valence-electron chi connectivity index (χ3n) is 4.49. The van der Waals surface area contributed by atoms with Gasteiger partial charge in [-0.15, -0.1) is 0 Å². The molecule has 3 rings (SSSR count). The van der Waals surface area contributed by atoms with Crippen molar-refractivity contribution in [3.63, 3.8) is 0 Å². The largest absolute Gasteiger partial charge is 0.479 e. The molecule has 0 radical (unpaired) electrons. The lowest BCUT2D eigenvalue weighted by Gasteiger charge is -2.10. The number of benzene rings is 2. The second kappa shape index (κ2) is 9.67. The lowest BCUT2D eigenvalue weighted by Crippen LogP contribution is -2.23. The highest BCUT2D eigenvalue weighted by Gasteiger charge is 2.12. The van der Waals surface area contributed by atoms with Crippen molar-refractivity contribution in [1.82, 2.24) is 9.66 Å². The minimum Gasteiger partial charge on any atom is -0.479 e. The number of fused-ring (bicyclic) bond motifs is 1. The Hall–Kier alpha value is -3.00. The van der Waals surface area contributed by atoms with Crippen LogP contribution in [0.5, 0.6) is 5.75 Å². The topological polar surface area (TPSA) is 93.8 Å². The third-order valence-corrected chi connectivity index (χ3v) is 4.99. The van der Waals surface area contributed by atoms with Crippen LogP contribution >= 0.6 is 15.9 Å². The number of nitrogens with zero attached hydrogens (tertiary/aromatic N) is 3. The molecule has 1 heterocycles. The molecule has 0 fully saturated rings. The lowest BCUT2D eigenvalue weighted by atomic mass is 10.2. The predicted molar refractivity (Wildman–Crippen MR) is 119 cm³/mol. The summed E-state index contributed by atoms with van der Waals surface area (Å²) in [6, 6.07) is 12.2. The summed E-state index contributed by atoms with van der Waals surface area (Å²) < 4.78 is 7.47. The number of carbonyl (C=O) groups is 1. The fourth-order valence-electron chi connectivity index (χ4n) is 2.82. The average molecular weight is 472 g/mol. The number of carboxylic acid groups (broad SMARTS) is 1. The van der Waals surface area contributed by atoms with Gasteiger partial charge in [0, 0.05) is 10.9 Å². The molecule has 0 aliphatic carbocycles. The summed E-state index contributed by atoms with van der Waals surface area (Å²) in [4.78, 5) is 28.6. The highest BCUT2D eigenvalue weighted by atomic mass is 79.9. The van der Waals surface area contributed by atoms with Crippen LogP contribution in [-0.2, 0) is 11.2 Å². The van der Waals surface area contributed by atoms with E-state index >= 15 is 0 Å². The molecule has 0 aliphatic rings. The predicted octanol–water partition coefficient (Wildman–Crippen LogP) is 4.24. The Morgan fingerprint density at radius 2 is 2.03 bits per heavy atom. The molecule has 0 saturated heterocycles. The fourth-order valence-corrected chi connectivity index (χ4v) is 3.18. The van der Waals surface area contributed by atoms with E-state index in [-0.39, 0.29) is 5.56 Å². The molecule has 3 aromatic rings. The summed E-state index contributed by atoms with van der Waals surface area (Å²) in [6.07, 6.45) is 3.17. The van der Waals surface area contributed by atoms with Crippen LogP contribution in [0.4, 0.5) is 0 Å². The van der Waals surface area contributed by atoms with E-state index in [2.05, 4.69) is 32.9 Å². The van der Waals surface area contributed by atoms with Crippen molar-refractivity contribution < 1.29 is 14.6 Å². The molecule has 1 aromatic heterocycles. The van der Waals surface area contributed by atoms with Crippen LogP contribution in [0.3, 0.4) is 0 Å². The monoisotopic (exact) mass is 471 g/mol. The minimum absolute atomic E-state index is 0.223. The molecule has 0 amide bonds. The van der Waals surface area contributed by atoms with Gasteiger partial charge in [-0.05, 0) is 61.4 Å². The zero-order valence-corrected chi connectivity index (χ0v) is 18.3. The molecular weight excluding hydrogens is 450 g/mol. The first-order valence-corrected chi connectivity index (χ1v) is 10.4. The van der Waals surface area contributed by atoms with Crippen LogP contribution < -0.4 is 10.3 Å². The quantitative estimate of drug-likeness (QED) is 0.495. The third kappa shape index (κ3) is 5.13. The van der Waals surface area contributed by atoms with Crippen molar-refractivity contribution in [2.75, 3.05) is 0 Å². The molecule has 2 aromatic carbocycles. The van der Waals surface area contributed by atoms with E-state index in [4.69, 9.17) is 9.84 Å². The second-order valence-corrected chi connectivity index (χ2v) is 7.74. The van der Waals surface area contributed by atoms with Gasteiger partial charge in [0.1, 0.15) is 11.6 Å². The molecule has 7 nitrogen and oxygen atoms in total. The number of hydrogen-bond donors (Lipinski definition) is 1. The number of hydrogen-bond acceptors (Lipinski definition) is 5. The van der Waals surface area contributed by atoms with Gasteiger partial charge in [0.05, 0.1) is 17.1 Å². The van der Waals surface area contributed by atoms with Crippen molar-refractivity contribution in [3.8, 4) is 5.75 Å². The molecule has 0 bridgehead atoms. The summed E-state index contributed by atoms with van der Waals surface area (Å²) in [6.45, 7) is 3.55. The first-order chi connectivity index (χ1) is 14.4. The highest BCUT2D eigenvalue weighted by molar-refractivity contribution is 9.10. The van der Waals surface area contributed by atoms with Crippen LogP contribution in [0.15, 0.2) is 56.8 Å². The summed E-state index contributed by atoms with van der Waals surface area (Å²) in [5, 5.41) is 13.8. The van der Waals surface area contributed by atoms with Crippen LogP contribution in [0.25, 0.3) is 10.9 Å². The molecule has 1 atom stereocenters. The van der Waals surface area contributed by atoms with E-state index in [1.54, 1.807) is 36.5 Å². The smallest absolute Gasteiger partial charge is 0.344 e. The average Bonchev–Trinajstić information content (AvgIpc) is 2.73. The SMILES string of the molecule is CCCCc1nc2ccc(Br)cc2c(=O)n1N=Cc1ccc(O[C@H](C)C(=O)O)cc1. The first kappa shape index (κ1) is 21.7. The van der Waals surface area contributed by atoms with Crippen LogP contribution in [0.1, 0.15) is 38.1 Å². The highest BCUT2D eigenvalue weighted by Crippen LogP contribution is 2.17. The summed E-state index contributed by atoms with van der Waals surface area (Å²) in [5.41, 5.74) is 1.17. The molecule has 8 heteroatoms. The van der Waals surface area contributed by atoms with Gasteiger partial charge in [-0.1, -0.05) is 29.3 Å². The Morgan fingerprint density at radius 1 is 1.30 bits per heavy atom. The Kier molecular flexibility index (Phi) is 6.99. The zero-order valence-electron chi connectivity index (χ0n) is 16.7. The van der Waals surface area contributed by atoms with Gasteiger partial charge in [0.25, 0.3) is 5.56 Å². The van der Waals surface area contributed by atoms with Gasteiger partial charge in [0.2, 0.25) is 0 Å². The second-order valence-electron chi connectivity index (χ2n) is 6.82. The lowest BCUT2D eigenvalue weighted by molar-refractivity contribution is -0.144. The van der Waals surface area contributed by atoms with Crippen LogP contribution in [0.2, 0.25) is 0 Å². The van der Waals surface area contributed by atoms with Crippen LogP contribution in [0, 0.1) is 0 Å². The van der Waals surface area contributed by atoms with Crippen molar-refractivity contribution >= 4 is 39.0 Å². The minimum atomic E-state index is -1.03. The molecule has 1 N–H and O–H groups in total. The van der Waals surface area contributed by atoms with Gasteiger partial charge in [-0.25, -0.2) is 9.78 Å². The molecule has 30 heavy (non-hydrogen) atoms. The number of carboxylic acids is 1. The van der Waals surface area contributed by atoms with E-state index in [0.29, 0.717) is 28.9 Å². The molecule has 0 unspecified atom stereocenters. The van der Waals surface area contributed by atoms with Gasteiger partial charge in [-0.2, -0.15) is 9.78 Å². The Balaban J connectivity index is 1.93. The first-order valence-electron chi connectivity index (χ1n) is 9.64. The van der Waals surface area contributed by atoms with E-state index in [9.17, 15) is 9.59 Å². The fraction of sp³-hybridized carbons (Fsp3) is 0.273. The maximum atomic E-state index is 13.0. The number of aryl methyl sites for hydroxylation is 1.